The topological polar surface area (TPSA) is 35.5 Å². The molecule has 0 unspecified atom stereocenters. The Bertz CT molecular complexity index is 444. The van der Waals surface area contributed by atoms with Crippen LogP contribution in [0.5, 0.6) is 11.5 Å². The Labute approximate surface area is 135 Å². The maximum absolute atomic E-state index is 12.4. The SMILES string of the molecule is COc1c(C)cc(C)c(OC)c1C(=O)[P-]CC(C)C.[Li+]. The molecule has 1 aromatic rings. The first-order valence-electron chi connectivity index (χ1n) is 6.36. The van der Waals surface area contributed by atoms with Gasteiger partial charge in [-0.3, -0.25) is 0 Å². The van der Waals surface area contributed by atoms with E-state index in [4.69, 9.17) is 9.47 Å². The van der Waals surface area contributed by atoms with Crippen molar-refractivity contribution in [1.82, 2.24) is 0 Å². The van der Waals surface area contributed by atoms with E-state index in [2.05, 4.69) is 13.8 Å². The third-order valence-electron chi connectivity index (χ3n) is 2.83. The first-order valence-corrected chi connectivity index (χ1v) is 7.44. The minimum absolute atomic E-state index is 0. The number of benzene rings is 1. The Kier molecular flexibility index (Phi) is 8.52. The third-order valence-corrected chi connectivity index (χ3v) is 4.25. The standard InChI is InChI=1S/C15H22O3P.Li/c1-9(2)8-19-15(16)12-13(17-5)10(3)7-11(4)14(12)18-6;/h7,9H,8H2,1-6H3;/q-1;+1. The van der Waals surface area contributed by atoms with Crippen LogP contribution >= 0.6 is 8.58 Å². The molecular formula is C15H22LiO3P. The van der Waals surface area contributed by atoms with E-state index in [0.29, 0.717) is 23.0 Å². The molecule has 5 heteroatoms. The van der Waals surface area contributed by atoms with Crippen LogP contribution in [0.2, 0.25) is 0 Å². The van der Waals surface area contributed by atoms with Gasteiger partial charge < -0.3 is 22.8 Å². The first kappa shape index (κ1) is 19.5. The molecule has 0 amide bonds. The Morgan fingerprint density at radius 1 is 1.15 bits per heavy atom. The predicted molar refractivity (Wildman–Crippen MR) is 80.0 cm³/mol. The molecular weight excluding hydrogens is 266 g/mol. The van der Waals surface area contributed by atoms with Crippen LogP contribution in [-0.4, -0.2) is 25.9 Å². The van der Waals surface area contributed by atoms with Gasteiger partial charge in [-0.25, -0.2) is 0 Å². The fourth-order valence-electron chi connectivity index (χ4n) is 2.02. The van der Waals surface area contributed by atoms with Gasteiger partial charge in [-0.1, -0.05) is 19.8 Å². The molecule has 0 saturated carbocycles. The van der Waals surface area contributed by atoms with E-state index < -0.39 is 0 Å². The van der Waals surface area contributed by atoms with Crippen LogP contribution in [0.25, 0.3) is 0 Å². The van der Waals surface area contributed by atoms with Crippen LogP contribution in [0, 0.1) is 19.8 Å². The average Bonchev–Trinajstić information content (AvgIpc) is 2.35. The second-order valence-corrected chi connectivity index (χ2v) is 6.08. The fourth-order valence-corrected chi connectivity index (χ4v) is 2.91. The molecule has 0 saturated heterocycles. The van der Waals surface area contributed by atoms with Gasteiger partial charge in [0.25, 0.3) is 0 Å². The maximum Gasteiger partial charge on any atom is 1.00 e. The largest absolute Gasteiger partial charge is 1.00 e. The van der Waals surface area contributed by atoms with Crippen molar-refractivity contribution >= 4 is 14.1 Å². The average molecular weight is 288 g/mol. The molecule has 0 bridgehead atoms. The van der Waals surface area contributed by atoms with E-state index in [9.17, 15) is 4.79 Å². The smallest absolute Gasteiger partial charge is 0.496 e. The minimum Gasteiger partial charge on any atom is -0.496 e. The number of rotatable bonds is 6. The van der Waals surface area contributed by atoms with E-state index in [1.165, 1.54) is 0 Å². The van der Waals surface area contributed by atoms with E-state index in [1.807, 2.05) is 19.9 Å². The summed E-state index contributed by atoms with van der Waals surface area (Å²) in [5.74, 6) is 1.75. The zero-order valence-electron chi connectivity index (χ0n) is 13.5. The molecule has 0 aliphatic carbocycles. The molecule has 106 valence electrons. The summed E-state index contributed by atoms with van der Waals surface area (Å²) >= 11 is 0. The van der Waals surface area contributed by atoms with E-state index in [0.717, 1.165) is 25.9 Å². The number of carbonyl (C=O) groups excluding carboxylic acids is 1. The van der Waals surface area contributed by atoms with Crippen LogP contribution in [0.3, 0.4) is 0 Å². The third kappa shape index (κ3) is 4.52. The van der Waals surface area contributed by atoms with E-state index in [-0.39, 0.29) is 24.4 Å². The van der Waals surface area contributed by atoms with Gasteiger partial charge in [-0.15, -0.1) is 0 Å². The van der Waals surface area contributed by atoms with Crippen molar-refractivity contribution in [2.24, 2.45) is 5.92 Å². The van der Waals surface area contributed by atoms with Gasteiger partial charge in [0.2, 0.25) is 0 Å². The maximum atomic E-state index is 12.4. The summed E-state index contributed by atoms with van der Waals surface area (Å²) in [4.78, 5) is 12.4. The molecule has 1 aromatic carbocycles. The molecule has 20 heavy (non-hydrogen) atoms. The minimum atomic E-state index is 0. The summed E-state index contributed by atoms with van der Waals surface area (Å²) in [6.07, 6.45) is 0.845. The summed E-state index contributed by atoms with van der Waals surface area (Å²) in [6.45, 7) is 8.11. The molecule has 0 radical (unpaired) electrons. The summed E-state index contributed by atoms with van der Waals surface area (Å²) in [6, 6.07) is 1.98. The van der Waals surface area contributed by atoms with Gasteiger partial charge in [0.15, 0.2) is 0 Å². The van der Waals surface area contributed by atoms with Gasteiger partial charge in [0.1, 0.15) is 11.5 Å². The van der Waals surface area contributed by atoms with Gasteiger partial charge in [-0.05, 0) is 31.0 Å². The van der Waals surface area contributed by atoms with Gasteiger partial charge in [0.05, 0.1) is 19.8 Å². The molecule has 0 spiro atoms. The number of aryl methyl sites for hydroxylation is 2. The normalized spacial score (nSPS) is 10.8. The van der Waals surface area contributed by atoms with Gasteiger partial charge in [0, 0.05) is 5.52 Å². The molecule has 0 heterocycles. The van der Waals surface area contributed by atoms with Crippen molar-refractivity contribution in [3.8, 4) is 11.5 Å². The summed E-state index contributed by atoms with van der Waals surface area (Å²) < 4.78 is 10.8. The molecule has 1 rings (SSSR count). The van der Waals surface area contributed by atoms with Crippen molar-refractivity contribution < 1.29 is 33.1 Å². The Hall–Kier alpha value is -0.483. The van der Waals surface area contributed by atoms with Crippen LogP contribution in [0.1, 0.15) is 35.3 Å². The summed E-state index contributed by atoms with van der Waals surface area (Å²) in [5.41, 5.74) is 2.56. The molecule has 0 N–H and O–H groups in total. The molecule has 3 nitrogen and oxygen atoms in total. The van der Waals surface area contributed by atoms with Crippen LogP contribution in [-0.2, 0) is 0 Å². The van der Waals surface area contributed by atoms with Crippen molar-refractivity contribution in [2.75, 3.05) is 20.4 Å². The van der Waals surface area contributed by atoms with Crippen LogP contribution in [0.4, 0.5) is 0 Å². The van der Waals surface area contributed by atoms with Crippen molar-refractivity contribution in [1.29, 1.82) is 0 Å². The predicted octanol–water partition coefficient (Wildman–Crippen LogP) is 1.07. The van der Waals surface area contributed by atoms with Gasteiger partial charge in [-0.2, -0.15) is 6.16 Å². The fraction of sp³-hybridized carbons (Fsp3) is 0.533. The van der Waals surface area contributed by atoms with E-state index in [1.54, 1.807) is 14.2 Å². The first-order chi connectivity index (χ1) is 8.92. The number of methoxy groups -OCH3 is 2. The van der Waals surface area contributed by atoms with Gasteiger partial charge >= 0.3 is 18.9 Å². The number of hydrogen-bond donors (Lipinski definition) is 0. The van der Waals surface area contributed by atoms with E-state index >= 15 is 0 Å². The zero-order valence-corrected chi connectivity index (χ0v) is 14.4. The molecule has 0 fully saturated rings. The number of ether oxygens (including phenoxy) is 2. The molecule has 0 atom stereocenters. The number of carbonyl (C=O) groups is 1. The number of hydrogen-bond acceptors (Lipinski definition) is 3. The second-order valence-electron chi connectivity index (χ2n) is 4.99. The van der Waals surface area contributed by atoms with Crippen LogP contribution in [0.15, 0.2) is 6.07 Å². The Morgan fingerprint density at radius 3 is 1.95 bits per heavy atom. The summed E-state index contributed by atoms with van der Waals surface area (Å²) in [7, 11) is 3.97. The molecule has 0 aliphatic rings. The quantitative estimate of drug-likeness (QED) is 0.580. The van der Waals surface area contributed by atoms with Crippen molar-refractivity contribution in [3.63, 3.8) is 0 Å². The summed E-state index contributed by atoms with van der Waals surface area (Å²) in [5, 5.41) is 0. The molecule has 0 aromatic heterocycles. The Balaban J connectivity index is 0.00000361. The van der Waals surface area contributed by atoms with Crippen molar-refractivity contribution in [3.05, 3.63) is 22.8 Å². The monoisotopic (exact) mass is 288 g/mol. The molecule has 0 aliphatic heterocycles. The van der Waals surface area contributed by atoms with Crippen LogP contribution < -0.4 is 28.3 Å². The second kappa shape index (κ2) is 8.73. The van der Waals surface area contributed by atoms with Crippen molar-refractivity contribution in [2.45, 2.75) is 27.7 Å². The Morgan fingerprint density at radius 2 is 1.60 bits per heavy atom. The zero-order chi connectivity index (χ0) is 14.6.